The van der Waals surface area contributed by atoms with E-state index in [9.17, 15) is 14.4 Å². The molecule has 0 spiro atoms. The lowest BCUT2D eigenvalue weighted by atomic mass is 10.1. The predicted molar refractivity (Wildman–Crippen MR) is 108 cm³/mol. The maximum atomic E-state index is 12.4. The van der Waals surface area contributed by atoms with E-state index >= 15 is 0 Å². The van der Waals surface area contributed by atoms with Gasteiger partial charge in [-0.2, -0.15) is 0 Å². The Hall–Kier alpha value is -3.55. The summed E-state index contributed by atoms with van der Waals surface area (Å²) in [6.07, 6.45) is 0.134. The summed E-state index contributed by atoms with van der Waals surface area (Å²) in [6.45, 7) is 2.13. The first-order valence-corrected chi connectivity index (χ1v) is 9.29. The molecule has 2 aromatic rings. The van der Waals surface area contributed by atoms with Crippen LogP contribution in [0.25, 0.3) is 0 Å². The van der Waals surface area contributed by atoms with Crippen LogP contribution in [-0.2, 0) is 14.4 Å². The third-order valence-corrected chi connectivity index (χ3v) is 4.95. The van der Waals surface area contributed by atoms with E-state index in [-0.39, 0.29) is 43.9 Å². The molecule has 4 rings (SSSR count). The second-order valence-electron chi connectivity index (χ2n) is 7.03. The van der Waals surface area contributed by atoms with E-state index in [1.54, 1.807) is 30.1 Å². The van der Waals surface area contributed by atoms with Crippen LogP contribution >= 0.6 is 0 Å². The molecule has 3 amide bonds. The standard InChI is InChI=1S/C21H21N3O5/c1-13-3-6-17-16(9-13)24(21(27)12-28-17)8-7-19(25)22-14-4-5-15-18(10-14)29-11-20(26)23(15)2/h3-6,9-10H,7-8,11-12H2,1-2H3,(H,22,25). The number of nitrogens with zero attached hydrogens (tertiary/aromatic N) is 2. The van der Waals surface area contributed by atoms with Gasteiger partial charge in [0.2, 0.25) is 5.91 Å². The molecule has 2 aromatic carbocycles. The topological polar surface area (TPSA) is 88.2 Å². The fourth-order valence-electron chi connectivity index (χ4n) is 3.35. The summed E-state index contributed by atoms with van der Waals surface area (Å²) in [6, 6.07) is 10.8. The number of aryl methyl sites for hydroxylation is 1. The van der Waals surface area contributed by atoms with Gasteiger partial charge in [-0.15, -0.1) is 0 Å². The number of carbonyl (C=O) groups is 3. The van der Waals surface area contributed by atoms with E-state index in [0.717, 1.165) is 5.56 Å². The average molecular weight is 395 g/mol. The summed E-state index contributed by atoms with van der Waals surface area (Å²) >= 11 is 0. The van der Waals surface area contributed by atoms with Crippen molar-refractivity contribution in [3.63, 3.8) is 0 Å². The van der Waals surface area contributed by atoms with E-state index in [2.05, 4.69) is 5.32 Å². The van der Waals surface area contributed by atoms with Gasteiger partial charge in [-0.1, -0.05) is 6.07 Å². The number of ether oxygens (including phenoxy) is 2. The minimum absolute atomic E-state index is 0.0289. The maximum Gasteiger partial charge on any atom is 0.265 e. The molecule has 150 valence electrons. The Balaban J connectivity index is 1.42. The minimum atomic E-state index is -0.223. The average Bonchev–Trinajstić information content (AvgIpc) is 2.70. The van der Waals surface area contributed by atoms with E-state index in [1.165, 1.54) is 4.90 Å². The van der Waals surface area contributed by atoms with Gasteiger partial charge in [-0.05, 0) is 36.8 Å². The summed E-state index contributed by atoms with van der Waals surface area (Å²) in [5.74, 6) is 0.656. The summed E-state index contributed by atoms with van der Waals surface area (Å²) in [7, 11) is 1.68. The highest BCUT2D eigenvalue weighted by Gasteiger charge is 2.26. The molecule has 2 aliphatic heterocycles. The Bertz CT molecular complexity index is 1000. The molecule has 0 saturated carbocycles. The van der Waals surface area contributed by atoms with Crippen molar-refractivity contribution < 1.29 is 23.9 Å². The van der Waals surface area contributed by atoms with Gasteiger partial charge in [0, 0.05) is 31.8 Å². The Morgan fingerprint density at radius 2 is 1.76 bits per heavy atom. The summed E-state index contributed by atoms with van der Waals surface area (Å²) < 4.78 is 10.9. The molecule has 0 aromatic heterocycles. The molecule has 8 nitrogen and oxygen atoms in total. The number of carbonyl (C=O) groups excluding carboxylic acids is 3. The van der Waals surface area contributed by atoms with Crippen LogP contribution in [0.3, 0.4) is 0 Å². The smallest absolute Gasteiger partial charge is 0.265 e. The fourth-order valence-corrected chi connectivity index (χ4v) is 3.35. The van der Waals surface area contributed by atoms with Crippen molar-refractivity contribution >= 4 is 34.8 Å². The van der Waals surface area contributed by atoms with E-state index < -0.39 is 0 Å². The first kappa shape index (κ1) is 18.8. The number of hydrogen-bond donors (Lipinski definition) is 1. The van der Waals surface area contributed by atoms with Gasteiger partial charge in [0.1, 0.15) is 11.5 Å². The molecule has 0 radical (unpaired) electrons. The van der Waals surface area contributed by atoms with Gasteiger partial charge in [0.05, 0.1) is 11.4 Å². The molecule has 0 unspecified atom stereocenters. The number of rotatable bonds is 4. The van der Waals surface area contributed by atoms with Crippen LogP contribution in [0.5, 0.6) is 11.5 Å². The first-order chi connectivity index (χ1) is 13.9. The maximum absolute atomic E-state index is 12.4. The Morgan fingerprint density at radius 3 is 2.59 bits per heavy atom. The lowest BCUT2D eigenvalue weighted by Crippen LogP contribution is -2.40. The third-order valence-electron chi connectivity index (χ3n) is 4.95. The molecule has 2 heterocycles. The molecular formula is C21H21N3O5. The van der Waals surface area contributed by atoms with Gasteiger partial charge in [0.25, 0.3) is 11.8 Å². The van der Waals surface area contributed by atoms with Crippen LogP contribution in [0, 0.1) is 6.92 Å². The van der Waals surface area contributed by atoms with Crippen molar-refractivity contribution in [2.24, 2.45) is 0 Å². The first-order valence-electron chi connectivity index (χ1n) is 9.29. The molecule has 29 heavy (non-hydrogen) atoms. The minimum Gasteiger partial charge on any atom is -0.482 e. The molecular weight excluding hydrogens is 374 g/mol. The van der Waals surface area contributed by atoms with Gasteiger partial charge < -0.3 is 24.6 Å². The van der Waals surface area contributed by atoms with Gasteiger partial charge in [-0.3, -0.25) is 14.4 Å². The summed E-state index contributed by atoms with van der Waals surface area (Å²) in [5, 5.41) is 2.82. The molecule has 1 N–H and O–H groups in total. The quantitative estimate of drug-likeness (QED) is 0.857. The number of anilines is 3. The van der Waals surface area contributed by atoms with Crippen molar-refractivity contribution in [2.45, 2.75) is 13.3 Å². The molecule has 0 aliphatic carbocycles. The zero-order chi connectivity index (χ0) is 20.5. The molecule has 8 heteroatoms. The number of benzene rings is 2. The van der Waals surface area contributed by atoms with Crippen molar-refractivity contribution in [3.8, 4) is 11.5 Å². The Kier molecular flexibility index (Phi) is 4.84. The van der Waals surface area contributed by atoms with E-state index in [1.807, 2.05) is 25.1 Å². The lowest BCUT2D eigenvalue weighted by molar-refractivity contribution is -0.122. The van der Waals surface area contributed by atoms with Gasteiger partial charge in [0.15, 0.2) is 13.2 Å². The number of nitrogens with one attached hydrogen (secondary N) is 1. The number of likely N-dealkylation sites (N-methyl/N-ethyl adjacent to an activating group) is 1. The highest BCUT2D eigenvalue weighted by Crippen LogP contribution is 2.34. The van der Waals surface area contributed by atoms with Gasteiger partial charge in [-0.25, -0.2) is 0 Å². The van der Waals surface area contributed by atoms with Crippen LogP contribution in [0.2, 0.25) is 0 Å². The fraction of sp³-hybridized carbons (Fsp3) is 0.286. The zero-order valence-corrected chi connectivity index (χ0v) is 16.2. The van der Waals surface area contributed by atoms with Crippen LogP contribution in [-0.4, -0.2) is 44.5 Å². The van der Waals surface area contributed by atoms with Crippen molar-refractivity contribution in [2.75, 3.05) is 41.9 Å². The molecule has 0 atom stereocenters. The van der Waals surface area contributed by atoms with Crippen LogP contribution in [0.1, 0.15) is 12.0 Å². The van der Waals surface area contributed by atoms with E-state index in [0.29, 0.717) is 28.6 Å². The van der Waals surface area contributed by atoms with Crippen LogP contribution in [0.4, 0.5) is 17.1 Å². The van der Waals surface area contributed by atoms with Crippen molar-refractivity contribution in [1.82, 2.24) is 0 Å². The molecule has 0 bridgehead atoms. The normalized spacial score (nSPS) is 15.2. The van der Waals surface area contributed by atoms with Crippen LogP contribution in [0.15, 0.2) is 36.4 Å². The summed E-state index contributed by atoms with van der Waals surface area (Å²) in [5.41, 5.74) is 2.92. The highest BCUT2D eigenvalue weighted by atomic mass is 16.5. The molecule has 0 fully saturated rings. The second kappa shape index (κ2) is 7.46. The van der Waals surface area contributed by atoms with Crippen LogP contribution < -0.4 is 24.6 Å². The molecule has 0 saturated heterocycles. The predicted octanol–water partition coefficient (Wildman–Crippen LogP) is 2.10. The van der Waals surface area contributed by atoms with Gasteiger partial charge >= 0.3 is 0 Å². The number of amides is 3. The number of fused-ring (bicyclic) bond motifs is 2. The highest BCUT2D eigenvalue weighted by molar-refractivity contribution is 6.00. The molecule has 2 aliphatic rings. The zero-order valence-electron chi connectivity index (χ0n) is 16.2. The second-order valence-corrected chi connectivity index (χ2v) is 7.03. The Morgan fingerprint density at radius 1 is 1.00 bits per heavy atom. The van der Waals surface area contributed by atoms with Crippen molar-refractivity contribution in [1.29, 1.82) is 0 Å². The Labute approximate surface area is 168 Å². The lowest BCUT2D eigenvalue weighted by Gasteiger charge is -2.29. The van der Waals surface area contributed by atoms with E-state index in [4.69, 9.17) is 9.47 Å². The monoisotopic (exact) mass is 395 g/mol. The third kappa shape index (κ3) is 3.73. The number of hydrogen-bond acceptors (Lipinski definition) is 5. The van der Waals surface area contributed by atoms with Crippen molar-refractivity contribution in [3.05, 3.63) is 42.0 Å². The summed E-state index contributed by atoms with van der Waals surface area (Å²) in [4.78, 5) is 39.5. The SMILES string of the molecule is Cc1ccc2c(c1)N(CCC(=O)Nc1ccc3c(c1)OCC(=O)N3C)C(=O)CO2. The largest absolute Gasteiger partial charge is 0.482 e.